The van der Waals surface area contributed by atoms with E-state index in [0.29, 0.717) is 6.42 Å². The summed E-state index contributed by atoms with van der Waals surface area (Å²) >= 11 is 5.95. The quantitative estimate of drug-likeness (QED) is 0.672. The summed E-state index contributed by atoms with van der Waals surface area (Å²) in [5, 5.41) is 19.2. The monoisotopic (exact) mass is 296 g/mol. The van der Waals surface area contributed by atoms with E-state index in [9.17, 15) is 15.0 Å². The van der Waals surface area contributed by atoms with Crippen molar-refractivity contribution in [2.75, 3.05) is 0 Å². The number of hydrogen-bond donors (Lipinski definition) is 4. The van der Waals surface area contributed by atoms with Gasteiger partial charge in [-0.05, 0) is 30.5 Å². The van der Waals surface area contributed by atoms with Crippen LogP contribution in [0, 0.1) is 11.8 Å². The second kappa shape index (κ2) is 5.24. The zero-order valence-electron chi connectivity index (χ0n) is 10.8. The first-order chi connectivity index (χ1) is 9.58. The van der Waals surface area contributed by atoms with Crippen LogP contribution in [0.15, 0.2) is 18.2 Å². The number of fused-ring (bicyclic) bond motifs is 1. The minimum absolute atomic E-state index is 0.00172. The molecule has 0 spiro atoms. The fraction of sp³-hybridized carbons (Fsp3) is 0.500. The van der Waals surface area contributed by atoms with Crippen LogP contribution in [0.1, 0.15) is 30.9 Å². The molecular weight excluding hydrogens is 280 g/mol. The molecular formula is C14H17ClN2O3. The third-order valence-corrected chi connectivity index (χ3v) is 4.72. The van der Waals surface area contributed by atoms with E-state index in [2.05, 4.69) is 10.9 Å². The molecule has 6 heteroatoms. The first-order valence-electron chi connectivity index (χ1n) is 6.80. The highest BCUT2D eigenvalue weighted by Crippen LogP contribution is 2.42. The van der Waals surface area contributed by atoms with E-state index in [1.165, 1.54) is 0 Å². The van der Waals surface area contributed by atoms with E-state index in [1.54, 1.807) is 18.2 Å². The summed E-state index contributed by atoms with van der Waals surface area (Å²) in [6.45, 7) is 0. The fourth-order valence-corrected chi connectivity index (χ4v) is 3.65. The Balaban J connectivity index is 1.92. The Morgan fingerprint density at radius 1 is 1.30 bits per heavy atom. The smallest absolute Gasteiger partial charge is 0.306 e. The van der Waals surface area contributed by atoms with E-state index in [-0.39, 0.29) is 34.7 Å². The second-order valence-electron chi connectivity index (χ2n) is 5.54. The van der Waals surface area contributed by atoms with Gasteiger partial charge in [-0.1, -0.05) is 24.1 Å². The van der Waals surface area contributed by atoms with Gasteiger partial charge in [0.1, 0.15) is 5.75 Å². The van der Waals surface area contributed by atoms with E-state index in [4.69, 9.17) is 11.6 Å². The molecule has 4 unspecified atom stereocenters. The first kappa shape index (κ1) is 13.7. The predicted molar refractivity (Wildman–Crippen MR) is 74.4 cm³/mol. The lowest BCUT2D eigenvalue weighted by molar-refractivity contribution is -0.145. The topological polar surface area (TPSA) is 81.6 Å². The van der Waals surface area contributed by atoms with Gasteiger partial charge in [0.2, 0.25) is 0 Å². The molecule has 5 nitrogen and oxygen atoms in total. The molecule has 1 saturated carbocycles. The van der Waals surface area contributed by atoms with Gasteiger partial charge in [-0.15, -0.1) is 0 Å². The predicted octanol–water partition coefficient (Wildman–Crippen LogP) is 2.06. The van der Waals surface area contributed by atoms with Crippen molar-refractivity contribution in [1.29, 1.82) is 0 Å². The summed E-state index contributed by atoms with van der Waals surface area (Å²) in [7, 11) is 0. The number of nitrogens with one attached hydrogen (secondary N) is 2. The van der Waals surface area contributed by atoms with Crippen molar-refractivity contribution in [3.8, 4) is 5.75 Å². The minimum Gasteiger partial charge on any atom is -0.506 e. The number of hydrogen-bond acceptors (Lipinski definition) is 4. The van der Waals surface area contributed by atoms with Crippen LogP contribution in [0.3, 0.4) is 0 Å². The van der Waals surface area contributed by atoms with Crippen LogP contribution in [-0.4, -0.2) is 22.2 Å². The van der Waals surface area contributed by atoms with Crippen LogP contribution in [0.4, 0.5) is 0 Å². The van der Waals surface area contributed by atoms with Crippen LogP contribution in [-0.2, 0) is 4.79 Å². The fourth-order valence-electron chi connectivity index (χ4n) is 3.46. The second-order valence-corrected chi connectivity index (χ2v) is 5.94. The Kier molecular flexibility index (Phi) is 3.58. The van der Waals surface area contributed by atoms with Crippen molar-refractivity contribution in [3.63, 3.8) is 0 Å². The molecule has 0 bridgehead atoms. The van der Waals surface area contributed by atoms with Crippen LogP contribution in [0.2, 0.25) is 5.02 Å². The molecule has 1 aliphatic carbocycles. The van der Waals surface area contributed by atoms with Gasteiger partial charge in [-0.3, -0.25) is 10.2 Å². The number of carboxylic acids is 1. The molecule has 4 N–H and O–H groups in total. The van der Waals surface area contributed by atoms with Crippen molar-refractivity contribution >= 4 is 17.6 Å². The summed E-state index contributed by atoms with van der Waals surface area (Å²) < 4.78 is 0. The van der Waals surface area contributed by atoms with Gasteiger partial charge in [0.25, 0.3) is 0 Å². The zero-order valence-corrected chi connectivity index (χ0v) is 11.6. The van der Waals surface area contributed by atoms with Gasteiger partial charge in [0.05, 0.1) is 17.0 Å². The molecule has 4 atom stereocenters. The number of phenols is 1. The van der Waals surface area contributed by atoms with Gasteiger partial charge in [0.15, 0.2) is 0 Å². The first-order valence-corrected chi connectivity index (χ1v) is 7.18. The Labute approximate surface area is 121 Å². The van der Waals surface area contributed by atoms with Crippen molar-refractivity contribution < 1.29 is 15.0 Å². The average molecular weight is 297 g/mol. The van der Waals surface area contributed by atoms with Crippen LogP contribution in [0.25, 0.3) is 0 Å². The van der Waals surface area contributed by atoms with Crippen LogP contribution in [0.5, 0.6) is 5.75 Å². The number of halogens is 1. The van der Waals surface area contributed by atoms with Crippen LogP contribution >= 0.6 is 11.6 Å². The molecule has 1 aromatic carbocycles. The molecule has 20 heavy (non-hydrogen) atoms. The number of phenolic OH excluding ortho intramolecular Hbond substituents is 1. The minimum atomic E-state index is -0.736. The Morgan fingerprint density at radius 3 is 2.80 bits per heavy atom. The lowest BCUT2D eigenvalue weighted by Crippen LogP contribution is -2.39. The molecule has 2 fully saturated rings. The zero-order chi connectivity index (χ0) is 14.3. The third kappa shape index (κ3) is 2.26. The molecule has 1 aliphatic heterocycles. The molecule has 0 radical (unpaired) electrons. The highest BCUT2D eigenvalue weighted by molar-refractivity contribution is 6.32. The number of rotatable bonds is 2. The summed E-state index contributed by atoms with van der Waals surface area (Å²) in [6, 6.07) is 5.11. The molecule has 0 aromatic heterocycles. The maximum Gasteiger partial charge on any atom is 0.306 e. The van der Waals surface area contributed by atoms with E-state index in [0.717, 1.165) is 18.4 Å². The molecule has 108 valence electrons. The van der Waals surface area contributed by atoms with Gasteiger partial charge >= 0.3 is 5.97 Å². The van der Waals surface area contributed by atoms with Crippen molar-refractivity contribution in [3.05, 3.63) is 28.8 Å². The Bertz CT molecular complexity index is 537. The number of carboxylic acid groups (broad SMARTS) is 1. The third-order valence-electron chi connectivity index (χ3n) is 4.42. The van der Waals surface area contributed by atoms with Crippen molar-refractivity contribution in [1.82, 2.24) is 10.9 Å². The molecule has 1 saturated heterocycles. The number of benzene rings is 1. The van der Waals surface area contributed by atoms with E-state index in [1.807, 2.05) is 0 Å². The Morgan fingerprint density at radius 2 is 2.10 bits per heavy atom. The standard InChI is InChI=1S/C14H17ClN2O3/c15-9-6-7(4-5-11(9)18)13-12-8(14(19)20)2-1-3-10(12)16-17-13/h4-6,8,10,12-13,16-18H,1-3H2,(H,19,20). The number of carbonyl (C=O) groups is 1. The summed E-state index contributed by atoms with van der Waals surface area (Å²) in [5.74, 6) is -1.05. The number of aliphatic carboxylic acids is 1. The molecule has 1 heterocycles. The van der Waals surface area contributed by atoms with E-state index >= 15 is 0 Å². The molecule has 1 aromatic rings. The maximum absolute atomic E-state index is 11.5. The lowest BCUT2D eigenvalue weighted by atomic mass is 9.72. The van der Waals surface area contributed by atoms with Gasteiger partial charge in [-0.25, -0.2) is 5.43 Å². The summed E-state index contributed by atoms with van der Waals surface area (Å²) in [5.41, 5.74) is 7.30. The normalized spacial score (nSPS) is 32.9. The number of aromatic hydroxyl groups is 1. The van der Waals surface area contributed by atoms with Gasteiger partial charge in [0, 0.05) is 12.0 Å². The molecule has 3 rings (SSSR count). The largest absolute Gasteiger partial charge is 0.506 e. The SMILES string of the molecule is O=C(O)C1CCCC2NNC(c3ccc(O)c(Cl)c3)C21. The number of hydrazine groups is 1. The van der Waals surface area contributed by atoms with Crippen molar-refractivity contribution in [2.24, 2.45) is 11.8 Å². The molecule has 2 aliphatic rings. The molecule has 0 amide bonds. The van der Waals surface area contributed by atoms with E-state index < -0.39 is 5.97 Å². The highest BCUT2D eigenvalue weighted by Gasteiger charge is 2.46. The highest BCUT2D eigenvalue weighted by atomic mass is 35.5. The average Bonchev–Trinajstić information content (AvgIpc) is 2.85. The summed E-state index contributed by atoms with van der Waals surface area (Å²) in [4.78, 5) is 11.5. The van der Waals surface area contributed by atoms with Crippen molar-refractivity contribution in [2.45, 2.75) is 31.3 Å². The Hall–Kier alpha value is -1.30. The van der Waals surface area contributed by atoms with Crippen LogP contribution < -0.4 is 10.9 Å². The maximum atomic E-state index is 11.5. The van der Waals surface area contributed by atoms with Gasteiger partial charge < -0.3 is 10.2 Å². The van der Waals surface area contributed by atoms with Gasteiger partial charge in [-0.2, -0.15) is 0 Å². The lowest BCUT2D eigenvalue weighted by Gasteiger charge is -2.33. The summed E-state index contributed by atoms with van der Waals surface area (Å²) in [6.07, 6.45) is 2.61.